The summed E-state index contributed by atoms with van der Waals surface area (Å²) in [6.45, 7) is 7.62. The van der Waals surface area contributed by atoms with Gasteiger partial charge in [0.05, 0.1) is 37.4 Å². The van der Waals surface area contributed by atoms with Gasteiger partial charge in [0, 0.05) is 5.82 Å². The van der Waals surface area contributed by atoms with Crippen LogP contribution in [0.5, 0.6) is 0 Å². The fraction of sp³-hybridized carbons (Fsp3) is 0.571. The number of ether oxygens (including phenoxy) is 4. The van der Waals surface area contributed by atoms with E-state index in [0.717, 1.165) is 0 Å². The lowest BCUT2D eigenvalue weighted by Gasteiger charge is -2.24. The molecule has 2 saturated heterocycles. The van der Waals surface area contributed by atoms with Crippen molar-refractivity contribution in [1.82, 2.24) is 0 Å². The molecule has 1 aromatic carbocycles. The predicted molar refractivity (Wildman–Crippen MR) is 109 cm³/mol. The number of rotatable bonds is 9. The molecular formula is C21H29O8P. The van der Waals surface area contributed by atoms with Gasteiger partial charge in [-0.2, -0.15) is 0 Å². The highest BCUT2D eigenvalue weighted by Gasteiger charge is 2.54. The second-order valence-electron chi connectivity index (χ2n) is 7.41. The number of benzene rings is 1. The average molecular weight is 440 g/mol. The van der Waals surface area contributed by atoms with Gasteiger partial charge in [-0.25, -0.2) is 4.79 Å². The molecule has 4 atom stereocenters. The van der Waals surface area contributed by atoms with E-state index in [1.165, 1.54) is 5.82 Å². The van der Waals surface area contributed by atoms with Gasteiger partial charge in [-0.1, -0.05) is 18.2 Å². The van der Waals surface area contributed by atoms with E-state index < -0.39 is 37.9 Å². The fourth-order valence-corrected chi connectivity index (χ4v) is 4.82. The van der Waals surface area contributed by atoms with Gasteiger partial charge in [-0.3, -0.25) is 4.57 Å². The second kappa shape index (κ2) is 9.73. The minimum atomic E-state index is -3.39. The highest BCUT2D eigenvalue weighted by molar-refractivity contribution is 7.57. The maximum absolute atomic E-state index is 12.7. The van der Waals surface area contributed by atoms with Gasteiger partial charge in [-0.05, 0) is 45.9 Å². The third kappa shape index (κ3) is 5.58. The first-order valence-electron chi connectivity index (χ1n) is 10.1. The van der Waals surface area contributed by atoms with Crippen molar-refractivity contribution in [2.24, 2.45) is 5.92 Å². The lowest BCUT2D eigenvalue weighted by Crippen LogP contribution is -2.33. The lowest BCUT2D eigenvalue weighted by atomic mass is 9.99. The maximum atomic E-state index is 12.7. The standard InChI is InChI=1S/C21H29O8P/c1-5-25-30(23,26-6-2)13-12-17-16(18-20(27-17)29-21(3,4)28-18)14-24-19(22)15-10-8-7-9-11-15/h7-13,16-18,20H,5-6,14H2,1-4H3/b13-12+/t16-,17-,18-,20-/m1/s1. The molecule has 9 heteroatoms. The number of hydrogen-bond donors (Lipinski definition) is 0. The summed E-state index contributed by atoms with van der Waals surface area (Å²) in [5, 5.41) is 0. The number of carbonyl (C=O) groups is 1. The summed E-state index contributed by atoms with van der Waals surface area (Å²) < 4.78 is 46.6. The molecule has 8 nitrogen and oxygen atoms in total. The molecule has 0 unspecified atom stereocenters. The van der Waals surface area contributed by atoms with Crippen LogP contribution in [-0.4, -0.2) is 50.1 Å². The van der Waals surface area contributed by atoms with Crippen molar-refractivity contribution in [2.75, 3.05) is 19.8 Å². The van der Waals surface area contributed by atoms with Crippen molar-refractivity contribution in [3.8, 4) is 0 Å². The SMILES string of the molecule is CCOP(=O)(/C=C/[C@H]1O[C@@H]2OC(C)(C)O[C@@H]2[C@@H]1COC(=O)c1ccccc1)OCC. The first-order valence-corrected chi connectivity index (χ1v) is 11.7. The highest BCUT2D eigenvalue weighted by Crippen LogP contribution is 2.50. The molecule has 0 spiro atoms. The highest BCUT2D eigenvalue weighted by atomic mass is 31.2. The Morgan fingerprint density at radius 3 is 2.43 bits per heavy atom. The van der Waals surface area contributed by atoms with Crippen molar-refractivity contribution in [2.45, 2.75) is 52.0 Å². The van der Waals surface area contributed by atoms with E-state index in [1.54, 1.807) is 58.0 Å². The molecule has 3 rings (SSSR count). The zero-order valence-corrected chi connectivity index (χ0v) is 18.6. The quantitative estimate of drug-likeness (QED) is 0.419. The van der Waals surface area contributed by atoms with Gasteiger partial charge in [0.2, 0.25) is 0 Å². The molecule has 2 heterocycles. The molecule has 0 radical (unpaired) electrons. The average Bonchev–Trinajstić information content (AvgIpc) is 3.17. The fourth-order valence-electron chi connectivity index (χ4n) is 3.48. The summed E-state index contributed by atoms with van der Waals surface area (Å²) in [4.78, 5) is 12.4. The van der Waals surface area contributed by atoms with Crippen molar-refractivity contribution in [3.05, 3.63) is 47.8 Å². The summed E-state index contributed by atoms with van der Waals surface area (Å²) in [5.74, 6) is -0.202. The Morgan fingerprint density at radius 1 is 1.13 bits per heavy atom. The summed E-state index contributed by atoms with van der Waals surface area (Å²) in [6, 6.07) is 8.74. The first kappa shape index (κ1) is 23.1. The molecule has 0 saturated carbocycles. The molecule has 1 aromatic rings. The molecule has 0 amide bonds. The van der Waals surface area contributed by atoms with E-state index in [1.807, 2.05) is 6.07 Å². The Kier molecular flexibility index (Phi) is 7.50. The number of fused-ring (bicyclic) bond motifs is 1. The zero-order valence-electron chi connectivity index (χ0n) is 17.7. The van der Waals surface area contributed by atoms with Crippen LogP contribution in [0, 0.1) is 5.92 Å². The molecule has 0 aliphatic carbocycles. The third-order valence-electron chi connectivity index (χ3n) is 4.72. The zero-order chi connectivity index (χ0) is 21.8. The Morgan fingerprint density at radius 2 is 1.80 bits per heavy atom. The number of esters is 1. The molecular weight excluding hydrogens is 411 g/mol. The molecule has 2 fully saturated rings. The van der Waals surface area contributed by atoms with Gasteiger partial charge in [0.25, 0.3) is 0 Å². The second-order valence-corrected chi connectivity index (χ2v) is 9.31. The van der Waals surface area contributed by atoms with E-state index in [-0.39, 0.29) is 25.7 Å². The van der Waals surface area contributed by atoms with Crippen LogP contribution in [0.1, 0.15) is 38.1 Å². The molecule has 0 bridgehead atoms. The topological polar surface area (TPSA) is 89.5 Å². The number of carbonyl (C=O) groups excluding carboxylic acids is 1. The molecule has 2 aliphatic rings. The van der Waals surface area contributed by atoms with E-state index >= 15 is 0 Å². The Hall–Kier alpha value is -1.54. The predicted octanol–water partition coefficient (Wildman–Crippen LogP) is 4.12. The van der Waals surface area contributed by atoms with Gasteiger partial charge in [0.1, 0.15) is 6.10 Å². The monoisotopic (exact) mass is 440 g/mol. The molecule has 30 heavy (non-hydrogen) atoms. The van der Waals surface area contributed by atoms with Gasteiger partial charge in [-0.15, -0.1) is 0 Å². The first-order chi connectivity index (χ1) is 14.3. The number of hydrogen-bond acceptors (Lipinski definition) is 8. The minimum Gasteiger partial charge on any atom is -0.462 e. The van der Waals surface area contributed by atoms with Crippen LogP contribution in [-0.2, 0) is 32.6 Å². The Balaban J connectivity index is 1.74. The van der Waals surface area contributed by atoms with Crippen molar-refractivity contribution in [1.29, 1.82) is 0 Å². The maximum Gasteiger partial charge on any atom is 0.353 e. The van der Waals surface area contributed by atoms with Crippen LogP contribution >= 0.6 is 7.60 Å². The van der Waals surface area contributed by atoms with E-state index in [9.17, 15) is 9.36 Å². The molecule has 0 aromatic heterocycles. The minimum absolute atomic E-state index is 0.0525. The van der Waals surface area contributed by atoms with Crippen LogP contribution in [0.2, 0.25) is 0 Å². The Bertz CT molecular complexity index is 783. The largest absolute Gasteiger partial charge is 0.462 e. The van der Waals surface area contributed by atoms with Crippen LogP contribution in [0.15, 0.2) is 42.2 Å². The normalized spacial score (nSPS) is 28.0. The summed E-state index contributed by atoms with van der Waals surface area (Å²) >= 11 is 0. The van der Waals surface area contributed by atoms with E-state index in [2.05, 4.69) is 0 Å². The van der Waals surface area contributed by atoms with Crippen LogP contribution in [0.3, 0.4) is 0 Å². The summed E-state index contributed by atoms with van der Waals surface area (Å²) in [7, 11) is -3.39. The summed E-state index contributed by atoms with van der Waals surface area (Å²) in [6.07, 6.45) is 0.0184. The van der Waals surface area contributed by atoms with Crippen molar-refractivity contribution < 1.29 is 37.4 Å². The molecule has 2 aliphatic heterocycles. The van der Waals surface area contributed by atoms with Crippen LogP contribution < -0.4 is 0 Å². The van der Waals surface area contributed by atoms with Gasteiger partial charge < -0.3 is 28.0 Å². The van der Waals surface area contributed by atoms with Gasteiger partial charge in [0.15, 0.2) is 12.1 Å². The third-order valence-corrected chi connectivity index (χ3v) is 6.49. The van der Waals surface area contributed by atoms with Gasteiger partial charge >= 0.3 is 13.6 Å². The van der Waals surface area contributed by atoms with Crippen LogP contribution in [0.4, 0.5) is 0 Å². The van der Waals surface area contributed by atoms with Crippen molar-refractivity contribution >= 4 is 13.6 Å². The van der Waals surface area contributed by atoms with E-state index in [4.69, 9.17) is 28.0 Å². The van der Waals surface area contributed by atoms with E-state index in [0.29, 0.717) is 5.56 Å². The smallest absolute Gasteiger partial charge is 0.353 e. The Labute approximate surface area is 177 Å². The van der Waals surface area contributed by atoms with Crippen molar-refractivity contribution in [3.63, 3.8) is 0 Å². The molecule has 0 N–H and O–H groups in total. The van der Waals surface area contributed by atoms with Crippen LogP contribution in [0.25, 0.3) is 0 Å². The molecule has 166 valence electrons. The lowest BCUT2D eigenvalue weighted by molar-refractivity contribution is -0.205. The summed E-state index contributed by atoms with van der Waals surface area (Å²) in [5.41, 5.74) is 0.459.